The molecule has 3 saturated heterocycles. The van der Waals surface area contributed by atoms with E-state index in [1.165, 1.54) is 13.0 Å². The fourth-order valence-corrected chi connectivity index (χ4v) is 6.02. The van der Waals surface area contributed by atoms with Crippen LogP contribution in [0.2, 0.25) is 0 Å². The number of aliphatic hydroxyl groups excluding tert-OH is 1. The Bertz CT molecular complexity index is 1380. The molecule has 47 heavy (non-hydrogen) atoms. The van der Waals surface area contributed by atoms with E-state index in [1.807, 2.05) is 26.0 Å². The van der Waals surface area contributed by atoms with E-state index < -0.39 is 41.9 Å². The lowest BCUT2D eigenvalue weighted by molar-refractivity contribution is -0.143. The third-order valence-corrected chi connectivity index (χ3v) is 8.79. The Kier molecular flexibility index (Phi) is 12.1. The number of carbonyl (C=O) groups is 4. The van der Waals surface area contributed by atoms with Crippen molar-refractivity contribution in [1.82, 2.24) is 5.32 Å². The molecule has 3 amide bonds. The van der Waals surface area contributed by atoms with Gasteiger partial charge in [-0.25, -0.2) is 0 Å². The SMILES string of the molecule is CC(=O)O[C@@H](C)/C=C\C(=O)N[C@@H]1C[C@H](C)[C@H](C/C=C(C)/C=C/C2O[C@H](CC(=O)Nc3ccc(C(N)=O)cc3)CC3(CO3)C2O)O[C@@H]1C. The van der Waals surface area contributed by atoms with Gasteiger partial charge < -0.3 is 40.4 Å². The van der Waals surface area contributed by atoms with Gasteiger partial charge in [0.1, 0.15) is 23.9 Å². The highest BCUT2D eigenvalue weighted by atomic mass is 16.6. The predicted octanol–water partition coefficient (Wildman–Crippen LogP) is 3.10. The second-order valence-corrected chi connectivity index (χ2v) is 12.8. The van der Waals surface area contributed by atoms with Gasteiger partial charge in [-0.05, 0) is 69.9 Å². The monoisotopic (exact) mass is 653 g/mol. The smallest absolute Gasteiger partial charge is 0.303 e. The summed E-state index contributed by atoms with van der Waals surface area (Å²) in [6.07, 6.45) is 7.94. The number of allylic oxidation sites excluding steroid dienone is 2. The summed E-state index contributed by atoms with van der Waals surface area (Å²) in [4.78, 5) is 47.5. The molecule has 0 aliphatic carbocycles. The molecule has 12 heteroatoms. The van der Waals surface area contributed by atoms with Crippen molar-refractivity contribution in [2.75, 3.05) is 11.9 Å². The van der Waals surface area contributed by atoms with Gasteiger partial charge in [-0.2, -0.15) is 0 Å². The van der Waals surface area contributed by atoms with Crippen molar-refractivity contribution < 1.29 is 43.2 Å². The largest absolute Gasteiger partial charge is 0.459 e. The number of hydrogen-bond acceptors (Lipinski definition) is 9. The molecule has 0 radical (unpaired) electrons. The molecule has 1 spiro atoms. The zero-order valence-corrected chi connectivity index (χ0v) is 27.6. The lowest BCUT2D eigenvalue weighted by Crippen LogP contribution is -2.50. The van der Waals surface area contributed by atoms with E-state index in [-0.39, 0.29) is 42.4 Å². The molecule has 3 aliphatic rings. The molecule has 3 heterocycles. The second kappa shape index (κ2) is 15.8. The molecule has 3 unspecified atom stereocenters. The van der Waals surface area contributed by atoms with Gasteiger partial charge >= 0.3 is 5.97 Å². The number of epoxide rings is 1. The third-order valence-electron chi connectivity index (χ3n) is 8.79. The first-order chi connectivity index (χ1) is 22.2. The molecule has 3 fully saturated rings. The fraction of sp³-hybridized carbons (Fsp3) is 0.543. The molecule has 9 atom stereocenters. The number of hydrogen-bond donors (Lipinski definition) is 4. The van der Waals surface area contributed by atoms with Gasteiger partial charge in [-0.15, -0.1) is 0 Å². The lowest BCUT2D eigenvalue weighted by atomic mass is 9.87. The first kappa shape index (κ1) is 36.0. The Morgan fingerprint density at radius 3 is 2.47 bits per heavy atom. The maximum absolute atomic E-state index is 12.8. The van der Waals surface area contributed by atoms with E-state index in [9.17, 15) is 24.3 Å². The van der Waals surface area contributed by atoms with Crippen molar-refractivity contribution in [3.05, 3.63) is 65.8 Å². The number of anilines is 1. The van der Waals surface area contributed by atoms with Gasteiger partial charge in [-0.3, -0.25) is 19.2 Å². The minimum Gasteiger partial charge on any atom is -0.459 e. The molecule has 0 saturated carbocycles. The Morgan fingerprint density at radius 2 is 1.83 bits per heavy atom. The number of nitrogens with one attached hydrogen (secondary N) is 2. The number of amides is 3. The van der Waals surface area contributed by atoms with E-state index in [0.29, 0.717) is 30.7 Å². The van der Waals surface area contributed by atoms with Crippen LogP contribution in [0.3, 0.4) is 0 Å². The molecule has 12 nitrogen and oxygen atoms in total. The van der Waals surface area contributed by atoms with Gasteiger partial charge in [-0.1, -0.05) is 30.7 Å². The summed E-state index contributed by atoms with van der Waals surface area (Å²) < 4.78 is 23.1. The summed E-state index contributed by atoms with van der Waals surface area (Å²) in [5.74, 6) is -1.27. The van der Waals surface area contributed by atoms with Crippen LogP contribution in [0, 0.1) is 5.92 Å². The Hall–Kier alpha value is -3.84. The third kappa shape index (κ3) is 10.3. The average molecular weight is 654 g/mol. The minimum atomic E-state index is -0.860. The summed E-state index contributed by atoms with van der Waals surface area (Å²) in [5, 5.41) is 16.8. The predicted molar refractivity (Wildman–Crippen MR) is 174 cm³/mol. The number of esters is 1. The maximum Gasteiger partial charge on any atom is 0.303 e. The number of primary amides is 1. The number of aliphatic hydroxyl groups is 1. The zero-order valence-electron chi connectivity index (χ0n) is 27.6. The highest BCUT2D eigenvalue weighted by Gasteiger charge is 2.58. The molecule has 1 aromatic carbocycles. The van der Waals surface area contributed by atoms with Gasteiger partial charge in [0.15, 0.2) is 0 Å². The number of ether oxygens (including phenoxy) is 4. The van der Waals surface area contributed by atoms with Crippen molar-refractivity contribution in [3.63, 3.8) is 0 Å². The topological polar surface area (TPSA) is 179 Å². The maximum atomic E-state index is 12.8. The van der Waals surface area contributed by atoms with E-state index >= 15 is 0 Å². The van der Waals surface area contributed by atoms with E-state index in [4.69, 9.17) is 24.7 Å². The fourth-order valence-electron chi connectivity index (χ4n) is 6.02. The van der Waals surface area contributed by atoms with Crippen LogP contribution >= 0.6 is 0 Å². The molecule has 3 aliphatic heterocycles. The molecule has 1 aromatic rings. The van der Waals surface area contributed by atoms with E-state index in [2.05, 4.69) is 23.6 Å². The summed E-state index contributed by atoms with van der Waals surface area (Å²) in [5.41, 5.74) is 6.42. The van der Waals surface area contributed by atoms with Crippen LogP contribution < -0.4 is 16.4 Å². The summed E-state index contributed by atoms with van der Waals surface area (Å²) in [6, 6.07) is 6.17. The van der Waals surface area contributed by atoms with Crippen LogP contribution in [0.4, 0.5) is 5.69 Å². The first-order valence-corrected chi connectivity index (χ1v) is 16.1. The molecule has 0 aromatic heterocycles. The van der Waals surface area contributed by atoms with Crippen LogP contribution in [-0.4, -0.2) is 83.7 Å². The number of benzene rings is 1. The highest BCUT2D eigenvalue weighted by Crippen LogP contribution is 2.43. The Morgan fingerprint density at radius 1 is 1.13 bits per heavy atom. The quantitative estimate of drug-likeness (QED) is 0.114. The normalized spacial score (nSPS) is 31.4. The second-order valence-electron chi connectivity index (χ2n) is 12.8. The number of nitrogens with two attached hydrogens (primary N) is 1. The highest BCUT2D eigenvalue weighted by molar-refractivity contribution is 5.95. The van der Waals surface area contributed by atoms with Crippen molar-refractivity contribution >= 4 is 29.4 Å². The average Bonchev–Trinajstić information content (AvgIpc) is 3.77. The van der Waals surface area contributed by atoms with Crippen LogP contribution in [0.25, 0.3) is 0 Å². The van der Waals surface area contributed by atoms with Gasteiger partial charge in [0.25, 0.3) is 0 Å². The summed E-state index contributed by atoms with van der Waals surface area (Å²) >= 11 is 0. The van der Waals surface area contributed by atoms with Crippen molar-refractivity contribution in [2.45, 2.75) is 109 Å². The van der Waals surface area contributed by atoms with E-state index in [0.717, 1.165) is 12.0 Å². The standard InChI is InChI=1S/C35H47N3O9/c1-20(6-13-29-21(2)16-28(23(4)46-29)38-31(40)15-8-22(3)45-24(5)39)7-14-30-33(42)35(19-44-35)18-27(47-30)17-32(41)37-26-11-9-25(10-12-26)34(36)43/h6-12,14-15,21-23,27-30,33,42H,13,16-19H2,1-5H3,(H2,36,43)(H,37,41)(H,38,40)/b14-7+,15-8-,20-6+/t21-,22-,23+,27+,28+,29-,30?,33?,35?/m0/s1. The minimum absolute atomic E-state index is 0.0319. The molecular weight excluding hydrogens is 606 g/mol. The van der Waals surface area contributed by atoms with Gasteiger partial charge in [0, 0.05) is 30.7 Å². The van der Waals surface area contributed by atoms with Crippen molar-refractivity contribution in [3.8, 4) is 0 Å². The van der Waals surface area contributed by atoms with Gasteiger partial charge in [0.2, 0.25) is 17.7 Å². The first-order valence-electron chi connectivity index (χ1n) is 16.1. The van der Waals surface area contributed by atoms with Crippen LogP contribution in [0.15, 0.2) is 60.2 Å². The van der Waals surface area contributed by atoms with Crippen LogP contribution in [0.5, 0.6) is 0 Å². The van der Waals surface area contributed by atoms with Crippen LogP contribution in [0.1, 0.15) is 70.7 Å². The lowest BCUT2D eigenvalue weighted by Gasteiger charge is -2.39. The van der Waals surface area contributed by atoms with Crippen molar-refractivity contribution in [2.24, 2.45) is 11.7 Å². The molecule has 5 N–H and O–H groups in total. The zero-order chi connectivity index (χ0) is 34.3. The summed E-state index contributed by atoms with van der Waals surface area (Å²) in [6.45, 7) is 9.42. The number of rotatable bonds is 12. The van der Waals surface area contributed by atoms with Gasteiger partial charge in [0.05, 0.1) is 37.4 Å². The Balaban J connectivity index is 1.27. The number of carbonyl (C=O) groups excluding carboxylic acids is 4. The van der Waals surface area contributed by atoms with Crippen molar-refractivity contribution in [1.29, 1.82) is 0 Å². The Labute approximate surface area is 275 Å². The summed E-state index contributed by atoms with van der Waals surface area (Å²) in [7, 11) is 0. The molecule has 4 rings (SSSR count). The van der Waals surface area contributed by atoms with E-state index in [1.54, 1.807) is 37.3 Å². The molecular formula is C35H47N3O9. The molecule has 0 bridgehead atoms. The molecule has 256 valence electrons. The van der Waals surface area contributed by atoms with Crippen LogP contribution in [-0.2, 0) is 33.3 Å².